The second-order valence-electron chi connectivity index (χ2n) is 7.07. The fraction of sp³-hybridized carbons (Fsp3) is 0.550. The molecule has 0 spiro atoms. The van der Waals surface area contributed by atoms with E-state index in [0.717, 1.165) is 12.0 Å². The normalized spacial score (nSPS) is 17.0. The van der Waals surface area contributed by atoms with Gasteiger partial charge >= 0.3 is 6.09 Å². The topological polar surface area (TPSA) is 102 Å². The van der Waals surface area contributed by atoms with Crippen LogP contribution in [0.5, 0.6) is 0 Å². The van der Waals surface area contributed by atoms with E-state index in [1.165, 1.54) is 0 Å². The summed E-state index contributed by atoms with van der Waals surface area (Å²) in [5.41, 5.74) is 6.23. The third-order valence-electron chi connectivity index (χ3n) is 5.17. The molecule has 2 rings (SSSR count). The van der Waals surface area contributed by atoms with Crippen molar-refractivity contribution in [1.82, 2.24) is 10.2 Å². The number of piperidine rings is 1. The fourth-order valence-electron chi connectivity index (χ4n) is 3.16. The minimum atomic E-state index is -0.650. The highest BCUT2D eigenvalue weighted by Gasteiger charge is 2.33. The van der Waals surface area contributed by atoms with Crippen LogP contribution in [0.25, 0.3) is 0 Å². The third kappa shape index (κ3) is 5.98. The van der Waals surface area contributed by atoms with Gasteiger partial charge in [-0.3, -0.25) is 9.59 Å². The summed E-state index contributed by atoms with van der Waals surface area (Å²) >= 11 is 0. The van der Waals surface area contributed by atoms with Crippen LogP contribution in [0.15, 0.2) is 30.3 Å². The zero-order valence-corrected chi connectivity index (χ0v) is 16.0. The van der Waals surface area contributed by atoms with Gasteiger partial charge in [0.2, 0.25) is 11.8 Å². The van der Waals surface area contributed by atoms with E-state index in [2.05, 4.69) is 5.32 Å². The van der Waals surface area contributed by atoms with Gasteiger partial charge in [-0.25, -0.2) is 4.79 Å². The lowest BCUT2D eigenvalue weighted by Crippen LogP contribution is -2.54. The highest BCUT2D eigenvalue weighted by atomic mass is 16.5. The fourth-order valence-corrected chi connectivity index (χ4v) is 3.16. The number of carbonyl (C=O) groups is 3. The summed E-state index contributed by atoms with van der Waals surface area (Å²) in [7, 11) is 0. The molecule has 1 aromatic carbocycles. The van der Waals surface area contributed by atoms with Crippen LogP contribution in [0.2, 0.25) is 0 Å². The molecule has 1 saturated heterocycles. The summed E-state index contributed by atoms with van der Waals surface area (Å²) in [6, 6.07) is 8.72. The van der Waals surface area contributed by atoms with E-state index < -0.39 is 12.1 Å². The van der Waals surface area contributed by atoms with Gasteiger partial charge in [-0.2, -0.15) is 0 Å². The highest BCUT2D eigenvalue weighted by molar-refractivity contribution is 5.86. The van der Waals surface area contributed by atoms with Crippen LogP contribution in [-0.2, 0) is 20.9 Å². The van der Waals surface area contributed by atoms with Crippen LogP contribution in [0, 0.1) is 11.8 Å². The molecule has 1 aromatic rings. The summed E-state index contributed by atoms with van der Waals surface area (Å²) in [6.45, 7) is 5.00. The predicted octanol–water partition coefficient (Wildman–Crippen LogP) is 2.05. The average Bonchev–Trinajstić information content (AvgIpc) is 2.70. The van der Waals surface area contributed by atoms with E-state index in [1.54, 1.807) is 4.90 Å². The van der Waals surface area contributed by atoms with Crippen molar-refractivity contribution >= 4 is 17.9 Å². The van der Waals surface area contributed by atoms with Crippen LogP contribution in [0.3, 0.4) is 0 Å². The van der Waals surface area contributed by atoms with Gasteiger partial charge in [-0.05, 0) is 24.3 Å². The number of rotatable bonds is 7. The molecule has 1 aliphatic heterocycles. The first kappa shape index (κ1) is 20.7. The molecule has 0 radical (unpaired) electrons. The minimum absolute atomic E-state index is 0.0318. The van der Waals surface area contributed by atoms with Gasteiger partial charge in [0.15, 0.2) is 0 Å². The Morgan fingerprint density at radius 1 is 1.22 bits per heavy atom. The molecular formula is C20H29N3O4. The number of nitrogens with one attached hydrogen (secondary N) is 1. The van der Waals surface area contributed by atoms with Gasteiger partial charge in [-0.15, -0.1) is 0 Å². The molecule has 148 valence electrons. The van der Waals surface area contributed by atoms with Crippen LogP contribution in [0.1, 0.15) is 38.7 Å². The molecule has 2 unspecified atom stereocenters. The van der Waals surface area contributed by atoms with Gasteiger partial charge < -0.3 is 20.7 Å². The number of amides is 3. The van der Waals surface area contributed by atoms with E-state index in [4.69, 9.17) is 10.5 Å². The molecule has 0 saturated carbocycles. The van der Waals surface area contributed by atoms with Crippen LogP contribution >= 0.6 is 0 Å². The first-order chi connectivity index (χ1) is 12.9. The molecule has 3 N–H and O–H groups in total. The predicted molar refractivity (Wildman–Crippen MR) is 102 cm³/mol. The number of hydrogen-bond donors (Lipinski definition) is 2. The Hall–Kier alpha value is -2.57. The molecule has 1 fully saturated rings. The Balaban J connectivity index is 1.93. The Morgan fingerprint density at radius 2 is 1.85 bits per heavy atom. The summed E-state index contributed by atoms with van der Waals surface area (Å²) < 4.78 is 5.26. The van der Waals surface area contributed by atoms with Crippen LogP contribution in [-0.4, -0.2) is 41.9 Å². The zero-order chi connectivity index (χ0) is 19.8. The molecule has 27 heavy (non-hydrogen) atoms. The first-order valence-corrected chi connectivity index (χ1v) is 9.47. The third-order valence-corrected chi connectivity index (χ3v) is 5.17. The maximum Gasteiger partial charge on any atom is 0.408 e. The lowest BCUT2D eigenvalue weighted by atomic mass is 9.93. The van der Waals surface area contributed by atoms with Crippen LogP contribution in [0.4, 0.5) is 4.79 Å². The smallest absolute Gasteiger partial charge is 0.408 e. The molecular weight excluding hydrogens is 346 g/mol. The number of ether oxygens (including phenoxy) is 1. The second kappa shape index (κ2) is 9.94. The number of nitrogens with zero attached hydrogens (tertiary/aromatic N) is 1. The van der Waals surface area contributed by atoms with E-state index in [9.17, 15) is 14.4 Å². The Labute approximate surface area is 160 Å². The van der Waals surface area contributed by atoms with Crippen molar-refractivity contribution in [2.45, 2.75) is 45.8 Å². The van der Waals surface area contributed by atoms with Gasteiger partial charge in [0.05, 0.1) is 0 Å². The average molecular weight is 375 g/mol. The number of hydrogen-bond acceptors (Lipinski definition) is 4. The quantitative estimate of drug-likeness (QED) is 0.761. The Bertz CT molecular complexity index is 642. The number of alkyl carbamates (subject to hydrolysis) is 1. The SMILES string of the molecule is CCC(C)C(NC(=O)OCc1ccccc1)C(=O)N1CCC(C(N)=O)CC1. The molecule has 1 heterocycles. The number of likely N-dealkylation sites (tertiary alicyclic amines) is 1. The maximum absolute atomic E-state index is 12.9. The monoisotopic (exact) mass is 375 g/mol. The van der Waals surface area contributed by atoms with E-state index in [-0.39, 0.29) is 30.3 Å². The lowest BCUT2D eigenvalue weighted by molar-refractivity contribution is -0.137. The van der Waals surface area contributed by atoms with E-state index in [0.29, 0.717) is 25.9 Å². The van der Waals surface area contributed by atoms with Crippen molar-refractivity contribution in [3.8, 4) is 0 Å². The highest BCUT2D eigenvalue weighted by Crippen LogP contribution is 2.19. The van der Waals surface area contributed by atoms with Gasteiger partial charge in [0, 0.05) is 19.0 Å². The second-order valence-corrected chi connectivity index (χ2v) is 7.07. The molecule has 1 aliphatic rings. The summed E-state index contributed by atoms with van der Waals surface area (Å²) in [5.74, 6) is -0.664. The van der Waals surface area contributed by atoms with E-state index in [1.807, 2.05) is 44.2 Å². The largest absolute Gasteiger partial charge is 0.445 e. The van der Waals surface area contributed by atoms with Gasteiger partial charge in [-0.1, -0.05) is 50.6 Å². The van der Waals surface area contributed by atoms with Crippen molar-refractivity contribution in [1.29, 1.82) is 0 Å². The summed E-state index contributed by atoms with van der Waals surface area (Å²) in [4.78, 5) is 38.1. The number of primary amides is 1. The number of nitrogens with two attached hydrogens (primary N) is 1. The minimum Gasteiger partial charge on any atom is -0.445 e. The summed E-state index contributed by atoms with van der Waals surface area (Å²) in [5, 5.41) is 2.73. The molecule has 7 nitrogen and oxygen atoms in total. The zero-order valence-electron chi connectivity index (χ0n) is 16.0. The molecule has 0 aromatic heterocycles. The summed E-state index contributed by atoms with van der Waals surface area (Å²) in [6.07, 6.45) is 1.26. The Kier molecular flexibility index (Phi) is 7.64. The maximum atomic E-state index is 12.9. The van der Waals surface area contributed by atoms with Crippen molar-refractivity contribution in [3.63, 3.8) is 0 Å². The van der Waals surface area contributed by atoms with Crippen molar-refractivity contribution in [2.75, 3.05) is 13.1 Å². The van der Waals surface area contributed by atoms with Crippen molar-refractivity contribution < 1.29 is 19.1 Å². The molecule has 0 aliphatic carbocycles. The van der Waals surface area contributed by atoms with Crippen molar-refractivity contribution in [2.24, 2.45) is 17.6 Å². The van der Waals surface area contributed by atoms with E-state index >= 15 is 0 Å². The molecule has 3 amide bonds. The standard InChI is InChI=1S/C20H29N3O4/c1-3-14(2)17(19(25)23-11-9-16(10-12-23)18(21)24)22-20(26)27-13-15-7-5-4-6-8-15/h4-8,14,16-17H,3,9-13H2,1-2H3,(H2,21,24)(H,22,26). The molecule has 0 bridgehead atoms. The van der Waals surface area contributed by atoms with Gasteiger partial charge in [0.25, 0.3) is 0 Å². The Morgan fingerprint density at radius 3 is 2.41 bits per heavy atom. The number of carbonyl (C=O) groups excluding carboxylic acids is 3. The lowest BCUT2D eigenvalue weighted by Gasteiger charge is -2.34. The molecule has 7 heteroatoms. The molecule has 2 atom stereocenters. The first-order valence-electron chi connectivity index (χ1n) is 9.47. The number of benzene rings is 1. The van der Waals surface area contributed by atoms with Crippen molar-refractivity contribution in [3.05, 3.63) is 35.9 Å². The van der Waals surface area contributed by atoms with Gasteiger partial charge in [0.1, 0.15) is 12.6 Å². The van der Waals surface area contributed by atoms with Crippen LogP contribution < -0.4 is 11.1 Å².